The minimum absolute atomic E-state index is 0.0158. The number of ether oxygens (including phenoxy) is 1. The Bertz CT molecular complexity index is 863. The molecule has 0 aliphatic carbocycles. The molecule has 2 saturated heterocycles. The quantitative estimate of drug-likeness (QED) is 0.784. The summed E-state index contributed by atoms with van der Waals surface area (Å²) in [5.41, 5.74) is 1.86. The van der Waals surface area contributed by atoms with Crippen molar-refractivity contribution >= 4 is 17.5 Å². The smallest absolute Gasteiger partial charge is 0.228 e. The molecule has 0 saturated carbocycles. The highest BCUT2D eigenvalue weighted by Gasteiger charge is 2.38. The lowest BCUT2D eigenvalue weighted by Crippen LogP contribution is -2.42. The summed E-state index contributed by atoms with van der Waals surface area (Å²) < 4.78 is 5.38. The first-order valence-electron chi connectivity index (χ1n) is 10.3. The predicted octanol–water partition coefficient (Wildman–Crippen LogP) is 2.92. The van der Waals surface area contributed by atoms with Crippen LogP contribution in [0.25, 0.3) is 0 Å². The van der Waals surface area contributed by atoms with Gasteiger partial charge in [-0.25, -0.2) is 0 Å². The van der Waals surface area contributed by atoms with Gasteiger partial charge in [-0.05, 0) is 49.4 Å². The fourth-order valence-corrected chi connectivity index (χ4v) is 4.39. The minimum atomic E-state index is -0.278. The molecule has 29 heavy (non-hydrogen) atoms. The summed E-state index contributed by atoms with van der Waals surface area (Å²) in [7, 11) is 1.59. The number of piperidine rings is 1. The maximum Gasteiger partial charge on any atom is 0.228 e. The number of benzene rings is 1. The van der Waals surface area contributed by atoms with Crippen molar-refractivity contribution in [3.05, 3.63) is 54.4 Å². The maximum absolute atomic E-state index is 13.0. The molecule has 0 N–H and O–H groups in total. The number of pyridine rings is 1. The van der Waals surface area contributed by atoms with E-state index in [1.54, 1.807) is 12.0 Å². The number of likely N-dealkylation sites (tertiary alicyclic amines) is 1. The zero-order valence-electron chi connectivity index (χ0n) is 16.8. The highest BCUT2D eigenvalue weighted by atomic mass is 16.5. The SMILES string of the molecule is COc1ccccc1N1CC(C(=O)N2CCC(Cc3ccccn3)CC2)CC1=O. The summed E-state index contributed by atoms with van der Waals surface area (Å²) in [5, 5.41) is 0. The van der Waals surface area contributed by atoms with E-state index in [1.165, 1.54) is 0 Å². The molecule has 4 rings (SSSR count). The third-order valence-electron chi connectivity index (χ3n) is 6.00. The zero-order valence-corrected chi connectivity index (χ0v) is 16.8. The van der Waals surface area contributed by atoms with E-state index in [9.17, 15) is 9.59 Å². The summed E-state index contributed by atoms with van der Waals surface area (Å²) in [6.45, 7) is 1.94. The molecule has 6 nitrogen and oxygen atoms in total. The van der Waals surface area contributed by atoms with Gasteiger partial charge in [0.2, 0.25) is 11.8 Å². The van der Waals surface area contributed by atoms with E-state index in [-0.39, 0.29) is 24.2 Å². The number of amides is 2. The lowest BCUT2D eigenvalue weighted by Gasteiger charge is -2.33. The van der Waals surface area contributed by atoms with Crippen LogP contribution in [0.1, 0.15) is 25.0 Å². The summed E-state index contributed by atoms with van der Waals surface area (Å²) in [6.07, 6.45) is 5.04. The van der Waals surface area contributed by atoms with Crippen LogP contribution < -0.4 is 9.64 Å². The molecule has 2 aromatic rings. The predicted molar refractivity (Wildman–Crippen MR) is 111 cm³/mol. The van der Waals surface area contributed by atoms with E-state index in [2.05, 4.69) is 11.1 Å². The third kappa shape index (κ3) is 4.26. The highest BCUT2D eigenvalue weighted by molar-refractivity contribution is 6.01. The van der Waals surface area contributed by atoms with E-state index in [1.807, 2.05) is 47.5 Å². The van der Waals surface area contributed by atoms with Crippen LogP contribution in [-0.2, 0) is 16.0 Å². The van der Waals surface area contributed by atoms with Crippen molar-refractivity contribution < 1.29 is 14.3 Å². The van der Waals surface area contributed by atoms with Crippen LogP contribution in [0.3, 0.4) is 0 Å². The minimum Gasteiger partial charge on any atom is -0.495 e. The first-order valence-corrected chi connectivity index (χ1v) is 10.3. The number of rotatable bonds is 5. The van der Waals surface area contributed by atoms with Crippen molar-refractivity contribution in [3.8, 4) is 5.75 Å². The van der Waals surface area contributed by atoms with Gasteiger partial charge in [0, 0.05) is 37.9 Å². The van der Waals surface area contributed by atoms with Crippen molar-refractivity contribution in [1.82, 2.24) is 9.88 Å². The van der Waals surface area contributed by atoms with Crippen LogP contribution >= 0.6 is 0 Å². The lowest BCUT2D eigenvalue weighted by atomic mass is 9.91. The number of hydrogen-bond acceptors (Lipinski definition) is 4. The molecule has 2 amide bonds. The van der Waals surface area contributed by atoms with Gasteiger partial charge in [0.25, 0.3) is 0 Å². The molecule has 2 fully saturated rings. The molecule has 1 atom stereocenters. The standard InChI is InChI=1S/C23H27N3O3/c1-29-21-8-3-2-7-20(21)26-16-18(15-22(26)27)23(28)25-12-9-17(10-13-25)14-19-6-4-5-11-24-19/h2-8,11,17-18H,9-10,12-16H2,1H3. The second-order valence-electron chi connectivity index (χ2n) is 7.87. The molecule has 0 bridgehead atoms. The second kappa shape index (κ2) is 8.64. The highest BCUT2D eigenvalue weighted by Crippen LogP contribution is 2.34. The van der Waals surface area contributed by atoms with Crippen molar-refractivity contribution in [3.63, 3.8) is 0 Å². The number of anilines is 1. The number of nitrogens with zero attached hydrogens (tertiary/aromatic N) is 3. The van der Waals surface area contributed by atoms with Gasteiger partial charge in [0.05, 0.1) is 18.7 Å². The van der Waals surface area contributed by atoms with E-state index < -0.39 is 0 Å². The molecule has 0 spiro atoms. The van der Waals surface area contributed by atoms with Crippen molar-refractivity contribution in [2.75, 3.05) is 31.6 Å². The Morgan fingerprint density at radius 3 is 2.62 bits per heavy atom. The topological polar surface area (TPSA) is 62.7 Å². The molecule has 6 heteroatoms. The van der Waals surface area contributed by atoms with Gasteiger partial charge in [-0.2, -0.15) is 0 Å². The van der Waals surface area contributed by atoms with Gasteiger partial charge in [-0.15, -0.1) is 0 Å². The number of hydrogen-bond donors (Lipinski definition) is 0. The van der Waals surface area contributed by atoms with Gasteiger partial charge in [-0.1, -0.05) is 18.2 Å². The van der Waals surface area contributed by atoms with Gasteiger partial charge in [-0.3, -0.25) is 14.6 Å². The third-order valence-corrected chi connectivity index (χ3v) is 6.00. The van der Waals surface area contributed by atoms with E-state index in [0.717, 1.165) is 43.7 Å². The average Bonchev–Trinajstić information content (AvgIpc) is 3.16. The number of para-hydroxylation sites is 2. The first kappa shape index (κ1) is 19.4. The molecular weight excluding hydrogens is 366 g/mol. The number of aromatic nitrogens is 1. The average molecular weight is 393 g/mol. The first-order chi connectivity index (χ1) is 14.2. The van der Waals surface area contributed by atoms with E-state index >= 15 is 0 Å². The van der Waals surface area contributed by atoms with Crippen LogP contribution in [0.5, 0.6) is 5.75 Å². The van der Waals surface area contributed by atoms with Gasteiger partial charge in [0.1, 0.15) is 5.75 Å². The fourth-order valence-electron chi connectivity index (χ4n) is 4.39. The van der Waals surface area contributed by atoms with E-state index in [0.29, 0.717) is 18.2 Å². The monoisotopic (exact) mass is 393 g/mol. The Hall–Kier alpha value is -2.89. The summed E-state index contributed by atoms with van der Waals surface area (Å²) in [5.74, 6) is 1.03. The van der Waals surface area contributed by atoms with Crippen LogP contribution in [0.4, 0.5) is 5.69 Å². The second-order valence-corrected chi connectivity index (χ2v) is 7.87. The number of carbonyl (C=O) groups is 2. The summed E-state index contributed by atoms with van der Waals surface area (Å²) in [4.78, 5) is 33.7. The van der Waals surface area contributed by atoms with E-state index in [4.69, 9.17) is 4.74 Å². The largest absolute Gasteiger partial charge is 0.495 e. The van der Waals surface area contributed by atoms with Crippen LogP contribution in [0.2, 0.25) is 0 Å². The fraction of sp³-hybridized carbons (Fsp3) is 0.435. The van der Waals surface area contributed by atoms with Gasteiger partial charge in [0.15, 0.2) is 0 Å². The summed E-state index contributed by atoms with van der Waals surface area (Å²) in [6, 6.07) is 13.5. The zero-order chi connectivity index (χ0) is 20.2. The van der Waals surface area contributed by atoms with Gasteiger partial charge < -0.3 is 14.5 Å². The van der Waals surface area contributed by atoms with Crippen LogP contribution in [0.15, 0.2) is 48.7 Å². The lowest BCUT2D eigenvalue weighted by molar-refractivity contribution is -0.137. The van der Waals surface area contributed by atoms with Crippen LogP contribution in [-0.4, -0.2) is 48.4 Å². The Morgan fingerprint density at radius 2 is 1.90 bits per heavy atom. The molecular formula is C23H27N3O3. The molecule has 2 aliphatic heterocycles. The van der Waals surface area contributed by atoms with Crippen molar-refractivity contribution in [1.29, 1.82) is 0 Å². The molecule has 2 aliphatic rings. The Kier molecular flexibility index (Phi) is 5.79. The molecule has 152 valence electrons. The maximum atomic E-state index is 13.0. The van der Waals surface area contributed by atoms with Gasteiger partial charge >= 0.3 is 0 Å². The van der Waals surface area contributed by atoms with Crippen molar-refractivity contribution in [2.24, 2.45) is 11.8 Å². The molecule has 1 aromatic carbocycles. The Morgan fingerprint density at radius 1 is 1.14 bits per heavy atom. The number of carbonyl (C=O) groups excluding carboxylic acids is 2. The van der Waals surface area contributed by atoms with Crippen LogP contribution in [0, 0.1) is 11.8 Å². The molecule has 1 aromatic heterocycles. The summed E-state index contributed by atoms with van der Waals surface area (Å²) >= 11 is 0. The molecule has 0 radical (unpaired) electrons. The normalized spacial score (nSPS) is 20.2. The Labute approximate surface area is 171 Å². The number of methoxy groups -OCH3 is 1. The van der Waals surface area contributed by atoms with Crippen molar-refractivity contribution in [2.45, 2.75) is 25.7 Å². The molecule has 1 unspecified atom stereocenters. The Balaban J connectivity index is 1.34. The molecule has 3 heterocycles.